The molecule has 1 fully saturated rings. The number of hydrogen-bond donors (Lipinski definition) is 2. The molecule has 3 atom stereocenters. The highest BCUT2D eigenvalue weighted by atomic mass is 32.2. The van der Waals surface area contributed by atoms with Crippen molar-refractivity contribution < 1.29 is 5.11 Å². The van der Waals surface area contributed by atoms with Gasteiger partial charge in [-0.05, 0) is 37.5 Å². The zero-order chi connectivity index (χ0) is 8.97. The molecular weight excluding hydrogens is 170 g/mol. The molecule has 0 aromatic rings. The van der Waals surface area contributed by atoms with Crippen molar-refractivity contribution in [2.45, 2.75) is 37.5 Å². The molecule has 0 spiro atoms. The Kier molecular flexibility index (Phi) is 4.40. The van der Waals surface area contributed by atoms with Crippen molar-refractivity contribution >= 4 is 11.8 Å². The molecule has 1 saturated carbocycles. The third kappa shape index (κ3) is 2.96. The third-order valence-electron chi connectivity index (χ3n) is 2.41. The fourth-order valence-corrected chi connectivity index (χ4v) is 2.86. The van der Waals surface area contributed by atoms with Gasteiger partial charge in [-0.1, -0.05) is 6.92 Å². The average molecular weight is 189 g/mol. The first kappa shape index (κ1) is 10.4. The number of thioether (sulfide) groups is 1. The smallest absolute Gasteiger partial charge is 0.0658 e. The van der Waals surface area contributed by atoms with E-state index in [-0.39, 0.29) is 6.10 Å². The zero-order valence-electron chi connectivity index (χ0n) is 7.70. The summed E-state index contributed by atoms with van der Waals surface area (Å²) in [5.74, 6) is 1.68. The Morgan fingerprint density at radius 1 is 1.58 bits per heavy atom. The SMILES string of the molecule is CC(CN)CSC1CCCC1O. The van der Waals surface area contributed by atoms with Crippen LogP contribution in [0, 0.1) is 5.92 Å². The number of rotatable bonds is 4. The Labute approximate surface area is 78.9 Å². The molecule has 12 heavy (non-hydrogen) atoms. The topological polar surface area (TPSA) is 46.2 Å². The van der Waals surface area contributed by atoms with Crippen LogP contribution in [0.4, 0.5) is 0 Å². The number of hydrogen-bond acceptors (Lipinski definition) is 3. The second-order valence-corrected chi connectivity index (χ2v) is 4.98. The van der Waals surface area contributed by atoms with E-state index in [9.17, 15) is 5.11 Å². The summed E-state index contributed by atoms with van der Waals surface area (Å²) >= 11 is 1.89. The van der Waals surface area contributed by atoms with Crippen LogP contribution < -0.4 is 5.73 Å². The normalized spacial score (nSPS) is 32.2. The van der Waals surface area contributed by atoms with Crippen LogP contribution in [0.5, 0.6) is 0 Å². The molecule has 0 saturated heterocycles. The predicted octanol–water partition coefficient (Wildman–Crippen LogP) is 1.23. The van der Waals surface area contributed by atoms with Gasteiger partial charge in [-0.25, -0.2) is 0 Å². The molecule has 0 aromatic carbocycles. The van der Waals surface area contributed by atoms with E-state index in [2.05, 4.69) is 6.92 Å². The van der Waals surface area contributed by atoms with Gasteiger partial charge in [0.1, 0.15) is 0 Å². The van der Waals surface area contributed by atoms with Crippen LogP contribution in [0.25, 0.3) is 0 Å². The monoisotopic (exact) mass is 189 g/mol. The molecule has 3 N–H and O–H groups in total. The molecule has 1 aliphatic rings. The fourth-order valence-electron chi connectivity index (χ4n) is 1.46. The molecule has 3 heteroatoms. The number of aliphatic hydroxyl groups excluding tert-OH is 1. The number of nitrogens with two attached hydrogens (primary N) is 1. The first-order valence-corrected chi connectivity index (χ1v) is 5.78. The van der Waals surface area contributed by atoms with Crippen molar-refractivity contribution in [1.29, 1.82) is 0 Å². The van der Waals surface area contributed by atoms with E-state index in [1.165, 1.54) is 12.8 Å². The molecule has 0 radical (unpaired) electrons. The molecular formula is C9H19NOS. The lowest BCUT2D eigenvalue weighted by Crippen LogP contribution is -2.19. The van der Waals surface area contributed by atoms with Crippen molar-refractivity contribution in [3.05, 3.63) is 0 Å². The summed E-state index contributed by atoms with van der Waals surface area (Å²) in [5, 5.41) is 10.0. The largest absolute Gasteiger partial charge is 0.392 e. The summed E-state index contributed by atoms with van der Waals surface area (Å²) in [5.41, 5.74) is 5.52. The lowest BCUT2D eigenvalue weighted by atomic mass is 10.2. The molecule has 1 rings (SSSR count). The Hall–Kier alpha value is 0.270. The van der Waals surface area contributed by atoms with E-state index in [0.717, 1.165) is 18.7 Å². The second-order valence-electron chi connectivity index (χ2n) is 3.71. The molecule has 0 aliphatic heterocycles. The second kappa shape index (κ2) is 5.10. The zero-order valence-corrected chi connectivity index (χ0v) is 8.52. The highest BCUT2D eigenvalue weighted by molar-refractivity contribution is 7.99. The van der Waals surface area contributed by atoms with Crippen molar-refractivity contribution in [2.75, 3.05) is 12.3 Å². The fraction of sp³-hybridized carbons (Fsp3) is 1.00. The van der Waals surface area contributed by atoms with E-state index >= 15 is 0 Å². The van der Waals surface area contributed by atoms with Gasteiger partial charge in [-0.15, -0.1) is 0 Å². The van der Waals surface area contributed by atoms with Crippen molar-refractivity contribution in [3.8, 4) is 0 Å². The van der Waals surface area contributed by atoms with Gasteiger partial charge < -0.3 is 10.8 Å². The van der Waals surface area contributed by atoms with Crippen LogP contribution in [0.2, 0.25) is 0 Å². The van der Waals surface area contributed by atoms with Crippen LogP contribution in [-0.4, -0.2) is 28.8 Å². The van der Waals surface area contributed by atoms with Gasteiger partial charge in [-0.2, -0.15) is 11.8 Å². The average Bonchev–Trinajstić information content (AvgIpc) is 2.47. The van der Waals surface area contributed by atoms with Gasteiger partial charge in [0.25, 0.3) is 0 Å². The summed E-state index contributed by atoms with van der Waals surface area (Å²) < 4.78 is 0. The highest BCUT2D eigenvalue weighted by Crippen LogP contribution is 2.30. The first-order chi connectivity index (χ1) is 5.74. The quantitative estimate of drug-likeness (QED) is 0.699. The van der Waals surface area contributed by atoms with Crippen molar-refractivity contribution in [3.63, 3.8) is 0 Å². The van der Waals surface area contributed by atoms with Crippen molar-refractivity contribution in [1.82, 2.24) is 0 Å². The van der Waals surface area contributed by atoms with E-state index in [1.54, 1.807) is 0 Å². The maximum Gasteiger partial charge on any atom is 0.0658 e. The van der Waals surface area contributed by atoms with E-state index < -0.39 is 0 Å². The van der Waals surface area contributed by atoms with Crippen LogP contribution in [-0.2, 0) is 0 Å². The molecule has 72 valence electrons. The lowest BCUT2D eigenvalue weighted by Gasteiger charge is -2.15. The third-order valence-corrected chi connectivity index (χ3v) is 4.15. The van der Waals surface area contributed by atoms with Gasteiger partial charge in [0.05, 0.1) is 6.10 Å². The van der Waals surface area contributed by atoms with Gasteiger partial charge in [0, 0.05) is 5.25 Å². The summed E-state index contributed by atoms with van der Waals surface area (Å²) in [6.45, 7) is 2.92. The lowest BCUT2D eigenvalue weighted by molar-refractivity contribution is 0.188. The van der Waals surface area contributed by atoms with Crippen LogP contribution in [0.3, 0.4) is 0 Å². The Bertz CT molecular complexity index is 132. The highest BCUT2D eigenvalue weighted by Gasteiger charge is 2.25. The van der Waals surface area contributed by atoms with E-state index in [0.29, 0.717) is 11.2 Å². The van der Waals surface area contributed by atoms with E-state index in [1.807, 2.05) is 11.8 Å². The summed E-state index contributed by atoms with van der Waals surface area (Å²) in [7, 11) is 0. The summed E-state index contributed by atoms with van der Waals surface area (Å²) in [6.07, 6.45) is 3.31. The van der Waals surface area contributed by atoms with Gasteiger partial charge in [0.15, 0.2) is 0 Å². The minimum absolute atomic E-state index is 0.0556. The van der Waals surface area contributed by atoms with Gasteiger partial charge in [0.2, 0.25) is 0 Å². The predicted molar refractivity (Wildman–Crippen MR) is 54.3 cm³/mol. The Morgan fingerprint density at radius 2 is 2.33 bits per heavy atom. The Morgan fingerprint density at radius 3 is 2.83 bits per heavy atom. The van der Waals surface area contributed by atoms with Crippen molar-refractivity contribution in [2.24, 2.45) is 11.7 Å². The molecule has 1 aliphatic carbocycles. The van der Waals surface area contributed by atoms with Crippen LogP contribution in [0.15, 0.2) is 0 Å². The summed E-state index contributed by atoms with van der Waals surface area (Å²) in [6, 6.07) is 0. The minimum Gasteiger partial charge on any atom is -0.392 e. The molecule has 3 unspecified atom stereocenters. The maximum absolute atomic E-state index is 9.52. The Balaban J connectivity index is 2.13. The first-order valence-electron chi connectivity index (χ1n) is 4.73. The molecule has 0 amide bonds. The molecule has 2 nitrogen and oxygen atoms in total. The maximum atomic E-state index is 9.52. The minimum atomic E-state index is -0.0556. The van der Waals surface area contributed by atoms with Crippen LogP contribution in [0.1, 0.15) is 26.2 Å². The van der Waals surface area contributed by atoms with E-state index in [4.69, 9.17) is 5.73 Å². The van der Waals surface area contributed by atoms with Gasteiger partial charge >= 0.3 is 0 Å². The number of aliphatic hydroxyl groups is 1. The molecule has 0 aromatic heterocycles. The summed E-state index contributed by atoms with van der Waals surface area (Å²) in [4.78, 5) is 0. The van der Waals surface area contributed by atoms with Crippen LogP contribution >= 0.6 is 11.8 Å². The molecule has 0 heterocycles. The van der Waals surface area contributed by atoms with Gasteiger partial charge in [-0.3, -0.25) is 0 Å². The molecule has 0 bridgehead atoms. The standard InChI is InChI=1S/C9H19NOS/c1-7(5-10)6-12-9-4-2-3-8(9)11/h7-9,11H,2-6,10H2,1H3.